The summed E-state index contributed by atoms with van der Waals surface area (Å²) in [7, 11) is -0.271. The fourth-order valence-electron chi connectivity index (χ4n) is 1.44. The third-order valence-corrected chi connectivity index (χ3v) is 3.01. The molecular weight excluding hydrogens is 278 g/mol. The fraction of sp³-hybridized carbons (Fsp3) is 0.455. The van der Waals surface area contributed by atoms with Crippen LogP contribution in [0, 0.1) is 0 Å². The Labute approximate surface area is 103 Å². The van der Waals surface area contributed by atoms with Crippen molar-refractivity contribution in [2.45, 2.75) is 18.1 Å². The first-order valence-electron chi connectivity index (χ1n) is 4.82. The van der Waals surface area contributed by atoms with Gasteiger partial charge in [-0.05, 0) is 29.1 Å². The van der Waals surface area contributed by atoms with Crippen molar-refractivity contribution in [2.75, 3.05) is 12.5 Å². The second kappa shape index (κ2) is 5.03. The summed E-state index contributed by atoms with van der Waals surface area (Å²) in [5, 5.41) is 0. The number of benzene rings is 1. The van der Waals surface area contributed by atoms with Gasteiger partial charge >= 0.3 is 12.4 Å². The van der Waals surface area contributed by atoms with Gasteiger partial charge in [0.15, 0.2) is 0 Å². The monoisotopic (exact) mass is 289 g/mol. The van der Waals surface area contributed by atoms with Crippen molar-refractivity contribution in [3.8, 4) is 0 Å². The van der Waals surface area contributed by atoms with E-state index in [1.54, 1.807) is 12.5 Å². The van der Waals surface area contributed by atoms with Gasteiger partial charge in [0, 0.05) is 5.56 Å². The molecule has 0 saturated carbocycles. The summed E-state index contributed by atoms with van der Waals surface area (Å²) in [6.07, 6.45) is -6.02. The molecule has 0 heterocycles. The third kappa shape index (κ3) is 4.12. The standard InChI is InChI=1S/C11H11F6S/c1-18(2)6-7-3-8(10(12,13)14)5-9(4-7)11(15,16)17/h3-5H,6H2,1-2H3/q+1. The minimum atomic E-state index is -4.77. The van der Waals surface area contributed by atoms with Gasteiger partial charge in [-0.25, -0.2) is 0 Å². The minimum absolute atomic E-state index is 0.0606. The van der Waals surface area contributed by atoms with Gasteiger partial charge in [-0.1, -0.05) is 0 Å². The van der Waals surface area contributed by atoms with E-state index in [4.69, 9.17) is 0 Å². The van der Waals surface area contributed by atoms with Crippen LogP contribution in [0.15, 0.2) is 18.2 Å². The maximum absolute atomic E-state index is 12.5. The van der Waals surface area contributed by atoms with E-state index in [0.717, 1.165) is 12.1 Å². The van der Waals surface area contributed by atoms with Crippen LogP contribution < -0.4 is 0 Å². The Bertz CT molecular complexity index is 386. The molecule has 0 saturated heterocycles. The zero-order valence-electron chi connectivity index (χ0n) is 9.62. The molecule has 0 aliphatic heterocycles. The second-order valence-corrected chi connectivity index (χ2v) is 6.30. The Morgan fingerprint density at radius 3 is 1.50 bits per heavy atom. The van der Waals surface area contributed by atoms with E-state index in [1.165, 1.54) is 0 Å². The van der Waals surface area contributed by atoms with Crippen LogP contribution in [-0.2, 0) is 29.0 Å². The molecule has 0 aliphatic carbocycles. The van der Waals surface area contributed by atoms with E-state index >= 15 is 0 Å². The van der Waals surface area contributed by atoms with Crippen LogP contribution in [0.5, 0.6) is 0 Å². The number of rotatable bonds is 2. The maximum atomic E-state index is 12.5. The van der Waals surface area contributed by atoms with E-state index < -0.39 is 23.5 Å². The lowest BCUT2D eigenvalue weighted by Gasteiger charge is -2.13. The van der Waals surface area contributed by atoms with Crippen molar-refractivity contribution >= 4 is 10.9 Å². The lowest BCUT2D eigenvalue weighted by atomic mass is 10.1. The Morgan fingerprint density at radius 1 is 0.833 bits per heavy atom. The molecule has 0 aliphatic rings. The number of alkyl halides is 6. The van der Waals surface area contributed by atoms with E-state index in [9.17, 15) is 26.3 Å². The van der Waals surface area contributed by atoms with Crippen LogP contribution in [0.2, 0.25) is 0 Å². The number of hydrogen-bond donors (Lipinski definition) is 0. The first-order valence-corrected chi connectivity index (χ1v) is 7.04. The van der Waals surface area contributed by atoms with Crippen molar-refractivity contribution in [3.63, 3.8) is 0 Å². The fourth-order valence-corrected chi connectivity index (χ4v) is 2.27. The molecule has 1 aromatic carbocycles. The molecule has 0 radical (unpaired) electrons. The molecule has 0 nitrogen and oxygen atoms in total. The second-order valence-electron chi connectivity index (χ2n) is 4.04. The highest BCUT2D eigenvalue weighted by Gasteiger charge is 2.37. The largest absolute Gasteiger partial charge is 0.416 e. The summed E-state index contributed by atoms with van der Waals surface area (Å²) in [4.78, 5) is 0. The van der Waals surface area contributed by atoms with Crippen LogP contribution in [0.1, 0.15) is 16.7 Å². The third-order valence-electron chi connectivity index (χ3n) is 2.10. The highest BCUT2D eigenvalue weighted by Crippen LogP contribution is 2.36. The quantitative estimate of drug-likeness (QED) is 0.568. The van der Waals surface area contributed by atoms with E-state index in [2.05, 4.69) is 0 Å². The van der Waals surface area contributed by atoms with Crippen molar-refractivity contribution in [1.82, 2.24) is 0 Å². The predicted octanol–water partition coefficient (Wildman–Crippen LogP) is 4.10. The molecule has 0 fully saturated rings. The SMILES string of the molecule is C[S+](C)Cc1cc(C(F)(F)F)cc(C(F)(F)F)c1. The topological polar surface area (TPSA) is 0 Å². The molecule has 102 valence electrons. The molecule has 0 aromatic heterocycles. The van der Waals surface area contributed by atoms with Crippen molar-refractivity contribution < 1.29 is 26.3 Å². The molecule has 0 N–H and O–H groups in total. The first kappa shape index (κ1) is 15.2. The van der Waals surface area contributed by atoms with Gasteiger partial charge < -0.3 is 0 Å². The van der Waals surface area contributed by atoms with Crippen LogP contribution in [-0.4, -0.2) is 12.5 Å². The summed E-state index contributed by atoms with van der Waals surface area (Å²) in [6, 6.07) is 1.71. The van der Waals surface area contributed by atoms with Gasteiger partial charge in [-0.2, -0.15) is 26.3 Å². The van der Waals surface area contributed by atoms with Crippen LogP contribution in [0.3, 0.4) is 0 Å². The average molecular weight is 289 g/mol. The molecule has 7 heteroatoms. The number of halogens is 6. The van der Waals surface area contributed by atoms with Crippen molar-refractivity contribution in [2.24, 2.45) is 0 Å². The van der Waals surface area contributed by atoms with Crippen LogP contribution in [0.25, 0.3) is 0 Å². The Morgan fingerprint density at radius 2 is 1.22 bits per heavy atom. The minimum Gasteiger partial charge on any atom is -0.166 e. The Kier molecular flexibility index (Phi) is 4.25. The van der Waals surface area contributed by atoms with E-state index in [1.807, 2.05) is 0 Å². The highest BCUT2D eigenvalue weighted by molar-refractivity contribution is 7.94. The summed E-state index contributed by atoms with van der Waals surface area (Å²) in [5.41, 5.74) is -2.44. The molecule has 0 amide bonds. The maximum Gasteiger partial charge on any atom is 0.416 e. The van der Waals surface area contributed by atoms with Gasteiger partial charge in [-0.15, -0.1) is 0 Å². The zero-order valence-corrected chi connectivity index (χ0v) is 10.4. The smallest absolute Gasteiger partial charge is 0.166 e. The summed E-state index contributed by atoms with van der Waals surface area (Å²) >= 11 is 0. The van der Waals surface area contributed by atoms with E-state index in [-0.39, 0.29) is 28.3 Å². The summed E-state index contributed by atoms with van der Waals surface area (Å²) in [5.74, 6) is 0.201. The molecule has 0 spiro atoms. The first-order chi connectivity index (χ1) is 8.00. The Balaban J connectivity index is 3.29. The van der Waals surface area contributed by atoms with Gasteiger partial charge in [0.2, 0.25) is 0 Å². The zero-order chi connectivity index (χ0) is 14.1. The lowest BCUT2D eigenvalue weighted by molar-refractivity contribution is -0.143. The van der Waals surface area contributed by atoms with Crippen LogP contribution >= 0.6 is 0 Å². The molecule has 1 aromatic rings. The average Bonchev–Trinajstić information content (AvgIpc) is 2.13. The van der Waals surface area contributed by atoms with Gasteiger partial charge in [0.25, 0.3) is 0 Å². The van der Waals surface area contributed by atoms with Gasteiger partial charge in [-0.3, -0.25) is 0 Å². The number of hydrogen-bond acceptors (Lipinski definition) is 0. The molecule has 0 atom stereocenters. The summed E-state index contributed by atoms with van der Waals surface area (Å²) in [6.45, 7) is 0. The molecule has 0 bridgehead atoms. The summed E-state index contributed by atoms with van der Waals surface area (Å²) < 4.78 is 75.1. The predicted molar refractivity (Wildman–Crippen MR) is 59.4 cm³/mol. The van der Waals surface area contributed by atoms with Crippen LogP contribution in [0.4, 0.5) is 26.3 Å². The van der Waals surface area contributed by atoms with E-state index in [0.29, 0.717) is 0 Å². The molecular formula is C11H11F6S+. The molecule has 18 heavy (non-hydrogen) atoms. The Hall–Kier alpha value is -0.850. The molecule has 1 rings (SSSR count). The van der Waals surface area contributed by atoms with Gasteiger partial charge in [0.05, 0.1) is 23.6 Å². The lowest BCUT2D eigenvalue weighted by Crippen LogP contribution is -2.12. The normalized spacial score (nSPS) is 13.2. The molecule has 0 unspecified atom stereocenters. The van der Waals surface area contributed by atoms with Gasteiger partial charge in [0.1, 0.15) is 5.75 Å². The van der Waals surface area contributed by atoms with Crippen molar-refractivity contribution in [3.05, 3.63) is 34.9 Å². The highest BCUT2D eigenvalue weighted by atomic mass is 32.2. The van der Waals surface area contributed by atoms with Crippen molar-refractivity contribution in [1.29, 1.82) is 0 Å².